The van der Waals surface area contributed by atoms with Gasteiger partial charge in [-0.25, -0.2) is 13.1 Å². The number of nitrogens with one attached hydrogen (secondary N) is 1. The SMILES string of the molecule is Nc1ccc(Cl)cc1S(=O)(=O)NCCN1CCCCC1. The van der Waals surface area contributed by atoms with Crippen molar-refractivity contribution in [1.82, 2.24) is 9.62 Å². The molecule has 1 aromatic carbocycles. The summed E-state index contributed by atoms with van der Waals surface area (Å²) in [5.74, 6) is 0. The van der Waals surface area contributed by atoms with E-state index in [9.17, 15) is 8.42 Å². The Morgan fingerprint density at radius 3 is 2.65 bits per heavy atom. The minimum atomic E-state index is -3.60. The molecule has 0 radical (unpaired) electrons. The van der Waals surface area contributed by atoms with Crippen molar-refractivity contribution >= 4 is 27.3 Å². The minimum Gasteiger partial charge on any atom is -0.398 e. The number of piperidine rings is 1. The molecule has 0 saturated carbocycles. The molecule has 1 saturated heterocycles. The fourth-order valence-electron chi connectivity index (χ4n) is 2.34. The molecule has 0 aromatic heterocycles. The first-order chi connectivity index (χ1) is 9.49. The monoisotopic (exact) mass is 317 g/mol. The Bertz CT molecular complexity index is 557. The first-order valence-corrected chi connectivity index (χ1v) is 8.62. The summed E-state index contributed by atoms with van der Waals surface area (Å²) >= 11 is 5.82. The molecule has 0 unspecified atom stereocenters. The zero-order valence-electron chi connectivity index (χ0n) is 11.3. The maximum absolute atomic E-state index is 12.2. The Kier molecular flexibility index (Phi) is 5.26. The predicted octanol–water partition coefficient (Wildman–Crippen LogP) is 1.69. The highest BCUT2D eigenvalue weighted by molar-refractivity contribution is 7.89. The standard InChI is InChI=1S/C13H20ClN3O2S/c14-11-4-5-12(15)13(10-11)20(18,19)16-6-9-17-7-2-1-3-8-17/h4-5,10,16H,1-3,6-9,15H2. The highest BCUT2D eigenvalue weighted by Gasteiger charge is 2.18. The van der Waals surface area contributed by atoms with E-state index in [1.54, 1.807) is 6.07 Å². The maximum Gasteiger partial charge on any atom is 0.242 e. The summed E-state index contributed by atoms with van der Waals surface area (Å²) in [5, 5.41) is 0.357. The largest absolute Gasteiger partial charge is 0.398 e. The quantitative estimate of drug-likeness (QED) is 0.810. The smallest absolute Gasteiger partial charge is 0.242 e. The van der Waals surface area contributed by atoms with Crippen molar-refractivity contribution in [2.24, 2.45) is 0 Å². The second kappa shape index (κ2) is 6.76. The van der Waals surface area contributed by atoms with Crippen molar-refractivity contribution in [1.29, 1.82) is 0 Å². The summed E-state index contributed by atoms with van der Waals surface area (Å²) < 4.78 is 26.9. The number of hydrogen-bond donors (Lipinski definition) is 2. The molecule has 1 aliphatic rings. The molecule has 1 aromatic rings. The van der Waals surface area contributed by atoms with Gasteiger partial charge < -0.3 is 10.6 Å². The number of likely N-dealkylation sites (tertiary alicyclic amines) is 1. The molecule has 5 nitrogen and oxygen atoms in total. The van der Waals surface area contributed by atoms with Crippen molar-refractivity contribution in [2.45, 2.75) is 24.2 Å². The van der Waals surface area contributed by atoms with Gasteiger partial charge >= 0.3 is 0 Å². The number of anilines is 1. The third kappa shape index (κ3) is 4.09. The van der Waals surface area contributed by atoms with Crippen LogP contribution in [0.25, 0.3) is 0 Å². The number of nitrogens with zero attached hydrogens (tertiary/aromatic N) is 1. The molecule has 1 aliphatic heterocycles. The Labute approximate surface area is 125 Å². The molecule has 0 spiro atoms. The van der Waals surface area contributed by atoms with Crippen LogP contribution in [0, 0.1) is 0 Å². The lowest BCUT2D eigenvalue weighted by atomic mass is 10.1. The molecule has 0 aliphatic carbocycles. The summed E-state index contributed by atoms with van der Waals surface area (Å²) in [6.45, 7) is 3.19. The zero-order chi connectivity index (χ0) is 14.6. The Hall–Kier alpha value is -0.820. The molecule has 1 heterocycles. The van der Waals surface area contributed by atoms with Gasteiger partial charge in [-0.2, -0.15) is 0 Å². The minimum absolute atomic E-state index is 0.0450. The molecule has 7 heteroatoms. The van der Waals surface area contributed by atoms with Gasteiger partial charge in [-0.05, 0) is 44.1 Å². The van der Waals surface area contributed by atoms with Gasteiger partial charge in [0.15, 0.2) is 0 Å². The van der Waals surface area contributed by atoms with Gasteiger partial charge in [-0.3, -0.25) is 0 Å². The molecule has 20 heavy (non-hydrogen) atoms. The zero-order valence-corrected chi connectivity index (χ0v) is 12.9. The van der Waals surface area contributed by atoms with E-state index in [4.69, 9.17) is 17.3 Å². The van der Waals surface area contributed by atoms with Gasteiger partial charge in [-0.15, -0.1) is 0 Å². The summed E-state index contributed by atoms with van der Waals surface area (Å²) in [6.07, 6.45) is 3.64. The van der Waals surface area contributed by atoms with Gasteiger partial charge in [0.05, 0.1) is 5.69 Å². The van der Waals surface area contributed by atoms with Crippen LogP contribution in [0.3, 0.4) is 0 Å². The summed E-state index contributed by atoms with van der Waals surface area (Å²) in [6, 6.07) is 4.45. The number of nitrogen functional groups attached to an aromatic ring is 1. The van der Waals surface area contributed by atoms with E-state index in [1.165, 1.54) is 31.4 Å². The fourth-order valence-corrected chi connectivity index (χ4v) is 3.75. The van der Waals surface area contributed by atoms with Crippen LogP contribution in [0.4, 0.5) is 5.69 Å². The van der Waals surface area contributed by atoms with E-state index in [-0.39, 0.29) is 10.6 Å². The van der Waals surface area contributed by atoms with Gasteiger partial charge in [-0.1, -0.05) is 18.0 Å². The van der Waals surface area contributed by atoms with Crippen molar-refractivity contribution in [2.75, 3.05) is 31.9 Å². The van der Waals surface area contributed by atoms with Crippen molar-refractivity contribution in [3.8, 4) is 0 Å². The highest BCUT2D eigenvalue weighted by Crippen LogP contribution is 2.22. The number of benzene rings is 1. The van der Waals surface area contributed by atoms with Crippen LogP contribution in [-0.4, -0.2) is 39.5 Å². The van der Waals surface area contributed by atoms with Gasteiger partial charge in [0, 0.05) is 18.1 Å². The average Bonchev–Trinajstić information content (AvgIpc) is 2.42. The molecule has 2 rings (SSSR count). The van der Waals surface area contributed by atoms with Crippen LogP contribution >= 0.6 is 11.6 Å². The van der Waals surface area contributed by atoms with Crippen LogP contribution in [0.5, 0.6) is 0 Å². The summed E-state index contributed by atoms with van der Waals surface area (Å²) in [7, 11) is -3.60. The van der Waals surface area contributed by atoms with E-state index in [1.807, 2.05) is 0 Å². The van der Waals surface area contributed by atoms with Gasteiger partial charge in [0.2, 0.25) is 10.0 Å². The first-order valence-electron chi connectivity index (χ1n) is 6.76. The number of rotatable bonds is 5. The van der Waals surface area contributed by atoms with Crippen LogP contribution in [-0.2, 0) is 10.0 Å². The predicted molar refractivity (Wildman–Crippen MR) is 81.3 cm³/mol. The first kappa shape index (κ1) is 15.6. The molecular formula is C13H20ClN3O2S. The molecule has 112 valence electrons. The number of hydrogen-bond acceptors (Lipinski definition) is 4. The molecule has 0 amide bonds. The summed E-state index contributed by atoms with van der Waals surface area (Å²) in [4.78, 5) is 2.32. The van der Waals surface area contributed by atoms with E-state index >= 15 is 0 Å². The lowest BCUT2D eigenvalue weighted by Gasteiger charge is -2.26. The van der Waals surface area contributed by atoms with Gasteiger partial charge in [0.25, 0.3) is 0 Å². The average molecular weight is 318 g/mol. The highest BCUT2D eigenvalue weighted by atomic mass is 35.5. The Morgan fingerprint density at radius 1 is 1.25 bits per heavy atom. The van der Waals surface area contributed by atoms with E-state index in [0.29, 0.717) is 11.6 Å². The number of sulfonamides is 1. The molecule has 1 fully saturated rings. The third-order valence-electron chi connectivity index (χ3n) is 3.43. The molecular weight excluding hydrogens is 298 g/mol. The number of halogens is 1. The fraction of sp³-hybridized carbons (Fsp3) is 0.538. The van der Waals surface area contributed by atoms with E-state index < -0.39 is 10.0 Å². The van der Waals surface area contributed by atoms with E-state index in [2.05, 4.69) is 9.62 Å². The van der Waals surface area contributed by atoms with Crippen LogP contribution in [0.15, 0.2) is 23.1 Å². The van der Waals surface area contributed by atoms with Crippen LogP contribution < -0.4 is 10.5 Å². The van der Waals surface area contributed by atoms with Crippen LogP contribution in [0.2, 0.25) is 5.02 Å². The normalized spacial score (nSPS) is 17.2. The molecule has 0 bridgehead atoms. The molecule has 3 N–H and O–H groups in total. The third-order valence-corrected chi connectivity index (χ3v) is 5.19. The maximum atomic E-state index is 12.2. The lowest BCUT2D eigenvalue weighted by Crippen LogP contribution is -2.37. The second-order valence-electron chi connectivity index (χ2n) is 4.98. The van der Waals surface area contributed by atoms with Crippen molar-refractivity contribution in [3.05, 3.63) is 23.2 Å². The molecule has 0 atom stereocenters. The van der Waals surface area contributed by atoms with Crippen LogP contribution in [0.1, 0.15) is 19.3 Å². The number of nitrogens with two attached hydrogens (primary N) is 1. The van der Waals surface area contributed by atoms with Crippen molar-refractivity contribution in [3.63, 3.8) is 0 Å². The Balaban J connectivity index is 1.95. The second-order valence-corrected chi connectivity index (χ2v) is 7.15. The van der Waals surface area contributed by atoms with Crippen molar-refractivity contribution < 1.29 is 8.42 Å². The lowest BCUT2D eigenvalue weighted by molar-refractivity contribution is 0.233. The Morgan fingerprint density at radius 2 is 1.95 bits per heavy atom. The summed E-state index contributed by atoms with van der Waals surface area (Å²) in [5.41, 5.74) is 5.91. The van der Waals surface area contributed by atoms with Gasteiger partial charge in [0.1, 0.15) is 4.90 Å². The topological polar surface area (TPSA) is 75.4 Å². The van der Waals surface area contributed by atoms with E-state index in [0.717, 1.165) is 19.6 Å².